The number of aryl methyl sites for hydroxylation is 1. The van der Waals surface area contributed by atoms with Crippen molar-refractivity contribution in [3.63, 3.8) is 0 Å². The first kappa shape index (κ1) is 19.8. The fourth-order valence-corrected chi connectivity index (χ4v) is 5.91. The van der Waals surface area contributed by atoms with Gasteiger partial charge in [-0.05, 0) is 68.3 Å². The first-order valence-electron chi connectivity index (χ1n) is 11.5. The summed E-state index contributed by atoms with van der Waals surface area (Å²) < 4.78 is 13.3. The Balaban J connectivity index is 1.22. The number of benzene rings is 2. The number of anilines is 2. The Morgan fingerprint density at radius 2 is 2.07 bits per heavy atom. The van der Waals surface area contributed by atoms with Gasteiger partial charge in [-0.2, -0.15) is 0 Å². The van der Waals surface area contributed by atoms with Crippen molar-refractivity contribution in [1.29, 1.82) is 0 Å². The van der Waals surface area contributed by atoms with Crippen LogP contribution in [0.4, 0.5) is 15.8 Å². The molecule has 3 heterocycles. The van der Waals surface area contributed by atoms with Crippen LogP contribution in [0.1, 0.15) is 60.8 Å². The van der Waals surface area contributed by atoms with Gasteiger partial charge < -0.3 is 20.6 Å². The molecule has 1 saturated heterocycles. The highest BCUT2D eigenvalue weighted by atomic mass is 19.1. The monoisotopic (exact) mass is 409 g/mol. The molecule has 0 bridgehead atoms. The molecule has 0 saturated carbocycles. The van der Waals surface area contributed by atoms with Gasteiger partial charge in [0, 0.05) is 48.5 Å². The zero-order valence-electron chi connectivity index (χ0n) is 17.6. The first-order valence-corrected chi connectivity index (χ1v) is 11.5. The van der Waals surface area contributed by atoms with Crippen LogP contribution in [-0.2, 0) is 6.42 Å². The molecule has 2 aromatic rings. The zero-order chi connectivity index (χ0) is 20.7. The molecule has 5 heteroatoms. The molecule has 0 spiro atoms. The lowest BCUT2D eigenvalue weighted by Gasteiger charge is -2.39. The van der Waals surface area contributed by atoms with Gasteiger partial charge in [0.2, 0.25) is 0 Å². The number of aliphatic hydroxyl groups excluding tert-OH is 1. The number of nitrogen functional groups attached to an aromatic ring is 1. The van der Waals surface area contributed by atoms with Gasteiger partial charge >= 0.3 is 0 Å². The van der Waals surface area contributed by atoms with E-state index in [1.54, 1.807) is 22.9 Å². The Kier molecular flexibility index (Phi) is 5.42. The number of likely N-dealkylation sites (tertiary alicyclic amines) is 1. The highest BCUT2D eigenvalue weighted by Gasteiger charge is 2.42. The maximum Gasteiger partial charge on any atom is 0.125 e. The maximum absolute atomic E-state index is 13.3. The van der Waals surface area contributed by atoms with Crippen LogP contribution in [0.5, 0.6) is 0 Å². The molecule has 2 aromatic carbocycles. The molecule has 3 atom stereocenters. The summed E-state index contributed by atoms with van der Waals surface area (Å²) in [7, 11) is 0. The molecule has 5 rings (SSSR count). The van der Waals surface area contributed by atoms with E-state index in [2.05, 4.69) is 28.0 Å². The summed E-state index contributed by atoms with van der Waals surface area (Å²) in [5.74, 6) is 0.240. The molecule has 0 radical (unpaired) electrons. The van der Waals surface area contributed by atoms with Crippen molar-refractivity contribution in [2.75, 3.05) is 36.8 Å². The summed E-state index contributed by atoms with van der Waals surface area (Å²) in [4.78, 5) is 5.29. The minimum atomic E-state index is -0.633. The zero-order valence-corrected chi connectivity index (χ0v) is 17.6. The molecule has 3 aliphatic rings. The van der Waals surface area contributed by atoms with E-state index in [0.717, 1.165) is 26.1 Å². The third kappa shape index (κ3) is 3.58. The number of halogens is 1. The normalized spacial score (nSPS) is 24.3. The second-order valence-corrected chi connectivity index (χ2v) is 9.20. The molecule has 3 aliphatic heterocycles. The number of nitrogens with zero attached hydrogens (tertiary/aromatic N) is 2. The number of rotatable bonds is 5. The van der Waals surface area contributed by atoms with Crippen molar-refractivity contribution in [3.8, 4) is 0 Å². The van der Waals surface area contributed by atoms with Gasteiger partial charge in [-0.3, -0.25) is 0 Å². The number of para-hydroxylation sites is 1. The van der Waals surface area contributed by atoms with Crippen molar-refractivity contribution in [2.24, 2.45) is 0 Å². The van der Waals surface area contributed by atoms with Crippen LogP contribution in [0.2, 0.25) is 0 Å². The Labute approximate surface area is 178 Å². The van der Waals surface area contributed by atoms with Crippen molar-refractivity contribution in [2.45, 2.75) is 56.6 Å². The third-order valence-electron chi connectivity index (χ3n) is 7.35. The summed E-state index contributed by atoms with van der Waals surface area (Å²) in [6, 6.07) is 11.8. The van der Waals surface area contributed by atoms with Gasteiger partial charge in [0.1, 0.15) is 5.82 Å². The molecular weight excluding hydrogens is 377 g/mol. The molecule has 4 nitrogen and oxygen atoms in total. The molecule has 3 N–H and O–H groups in total. The molecule has 1 fully saturated rings. The molecule has 160 valence electrons. The second kappa shape index (κ2) is 8.20. The number of hydrogen-bond donors (Lipinski definition) is 2. The number of piperidine rings is 1. The Morgan fingerprint density at radius 3 is 2.93 bits per heavy atom. The smallest absolute Gasteiger partial charge is 0.125 e. The van der Waals surface area contributed by atoms with Gasteiger partial charge in [0.25, 0.3) is 0 Å². The fraction of sp³-hybridized carbons (Fsp3) is 0.520. The van der Waals surface area contributed by atoms with E-state index in [0.29, 0.717) is 29.6 Å². The van der Waals surface area contributed by atoms with E-state index < -0.39 is 6.10 Å². The molecule has 30 heavy (non-hydrogen) atoms. The highest BCUT2D eigenvalue weighted by Crippen LogP contribution is 2.47. The van der Waals surface area contributed by atoms with Crippen molar-refractivity contribution in [3.05, 3.63) is 58.9 Å². The number of aliphatic hydroxyl groups is 1. The Morgan fingerprint density at radius 1 is 1.17 bits per heavy atom. The molecular formula is C25H32FN3O. The van der Waals surface area contributed by atoms with Crippen molar-refractivity contribution >= 4 is 11.4 Å². The quantitative estimate of drug-likeness (QED) is 0.726. The molecule has 3 unspecified atom stereocenters. The maximum atomic E-state index is 13.3. The van der Waals surface area contributed by atoms with E-state index in [1.807, 2.05) is 0 Å². The van der Waals surface area contributed by atoms with Gasteiger partial charge in [-0.25, -0.2) is 4.39 Å². The van der Waals surface area contributed by atoms with Crippen LogP contribution in [0.15, 0.2) is 36.4 Å². The topological polar surface area (TPSA) is 52.7 Å². The van der Waals surface area contributed by atoms with Crippen molar-refractivity contribution in [1.82, 2.24) is 4.90 Å². The van der Waals surface area contributed by atoms with Gasteiger partial charge in [0.05, 0.1) is 6.10 Å². The van der Waals surface area contributed by atoms with Crippen LogP contribution in [0, 0.1) is 5.82 Å². The van der Waals surface area contributed by atoms with Gasteiger partial charge in [-0.1, -0.05) is 24.3 Å². The lowest BCUT2D eigenvalue weighted by Crippen LogP contribution is -2.46. The minimum absolute atomic E-state index is 0.336. The second-order valence-electron chi connectivity index (χ2n) is 9.20. The highest BCUT2D eigenvalue weighted by molar-refractivity contribution is 5.67. The summed E-state index contributed by atoms with van der Waals surface area (Å²) >= 11 is 0. The number of fused-ring (bicyclic) bond motifs is 3. The summed E-state index contributed by atoms with van der Waals surface area (Å²) in [6.45, 7) is 4.41. The average molecular weight is 410 g/mol. The van der Waals surface area contributed by atoms with Gasteiger partial charge in [-0.15, -0.1) is 0 Å². The van der Waals surface area contributed by atoms with Crippen LogP contribution in [0.25, 0.3) is 0 Å². The van der Waals surface area contributed by atoms with Crippen LogP contribution >= 0.6 is 0 Å². The summed E-state index contributed by atoms with van der Waals surface area (Å²) in [5, 5.41) is 10.5. The predicted molar refractivity (Wildman–Crippen MR) is 119 cm³/mol. The van der Waals surface area contributed by atoms with Crippen LogP contribution in [-0.4, -0.2) is 42.2 Å². The van der Waals surface area contributed by atoms with E-state index >= 15 is 0 Å². The molecule has 0 aromatic heterocycles. The third-order valence-corrected chi connectivity index (χ3v) is 7.35. The Bertz CT molecular complexity index is 917. The van der Waals surface area contributed by atoms with E-state index in [9.17, 15) is 9.50 Å². The SMILES string of the molecule is Nc1cc(F)ccc1C(O)CCCN1CCC2C(C1)c1cccc3c1N2CCCC3. The minimum Gasteiger partial charge on any atom is -0.398 e. The summed E-state index contributed by atoms with van der Waals surface area (Å²) in [6.07, 6.45) is 5.95. The Hall–Kier alpha value is -2.11. The van der Waals surface area contributed by atoms with E-state index in [1.165, 1.54) is 44.4 Å². The number of nitrogens with two attached hydrogens (primary N) is 1. The van der Waals surface area contributed by atoms with Crippen LogP contribution in [0.3, 0.4) is 0 Å². The standard InChI is InChI=1S/C25H32FN3O/c26-18-9-10-20(22(27)15-18)24(30)8-4-12-28-14-11-23-21(16-28)19-7-3-6-17-5-1-2-13-29(23)25(17)19/h3,6-7,9-10,15,21,23-24,30H,1-2,4-5,8,11-14,16,27H2. The lowest BCUT2D eigenvalue weighted by molar-refractivity contribution is 0.145. The van der Waals surface area contributed by atoms with Crippen LogP contribution < -0.4 is 10.6 Å². The number of hydrogen-bond acceptors (Lipinski definition) is 4. The molecule has 0 amide bonds. The average Bonchev–Trinajstić information content (AvgIpc) is 2.89. The predicted octanol–water partition coefficient (Wildman–Crippen LogP) is 4.24. The molecule has 0 aliphatic carbocycles. The van der Waals surface area contributed by atoms with E-state index in [4.69, 9.17) is 5.73 Å². The van der Waals surface area contributed by atoms with E-state index in [-0.39, 0.29) is 5.82 Å². The van der Waals surface area contributed by atoms with Crippen molar-refractivity contribution < 1.29 is 9.50 Å². The van der Waals surface area contributed by atoms with Gasteiger partial charge in [0.15, 0.2) is 0 Å². The first-order chi connectivity index (χ1) is 14.6. The lowest BCUT2D eigenvalue weighted by atomic mass is 9.88. The summed E-state index contributed by atoms with van der Waals surface area (Å²) in [5.41, 5.74) is 11.5. The fourth-order valence-electron chi connectivity index (χ4n) is 5.91. The largest absolute Gasteiger partial charge is 0.398 e.